The summed E-state index contributed by atoms with van der Waals surface area (Å²) in [6.45, 7) is 3.01. The molecule has 0 bridgehead atoms. The van der Waals surface area contributed by atoms with Gasteiger partial charge in [0, 0.05) is 30.6 Å². The maximum absolute atomic E-state index is 11.1. The number of likely N-dealkylation sites (N-methyl/N-ethyl adjacent to an activating group) is 1. The van der Waals surface area contributed by atoms with E-state index >= 15 is 0 Å². The molecule has 0 saturated carbocycles. The number of halogens is 1. The van der Waals surface area contributed by atoms with Crippen molar-refractivity contribution >= 4 is 18.1 Å². The van der Waals surface area contributed by atoms with Crippen LogP contribution in [0.2, 0.25) is 0 Å². The normalized spacial score (nSPS) is 20.8. The Kier molecular flexibility index (Phi) is 4.84. The van der Waals surface area contributed by atoms with Crippen LogP contribution in [0.4, 0.5) is 5.69 Å². The zero-order valence-electron chi connectivity index (χ0n) is 12.6. The van der Waals surface area contributed by atoms with E-state index in [1.54, 1.807) is 12.1 Å². The van der Waals surface area contributed by atoms with E-state index in [0.717, 1.165) is 12.1 Å². The molecule has 2 unspecified atom stereocenters. The van der Waals surface area contributed by atoms with Gasteiger partial charge in [-0.1, -0.05) is 36.4 Å². The number of nitro groups is 1. The summed E-state index contributed by atoms with van der Waals surface area (Å²) in [5.41, 5.74) is 3.64. The van der Waals surface area contributed by atoms with Crippen molar-refractivity contribution in [3.05, 3.63) is 75.3 Å². The third kappa shape index (κ3) is 2.85. The second kappa shape index (κ2) is 6.46. The van der Waals surface area contributed by atoms with Crippen molar-refractivity contribution < 1.29 is 4.92 Å². The minimum atomic E-state index is -0.314. The highest BCUT2D eigenvalue weighted by molar-refractivity contribution is 5.85. The van der Waals surface area contributed by atoms with E-state index in [1.807, 2.05) is 24.3 Å². The highest BCUT2D eigenvalue weighted by atomic mass is 35.5. The van der Waals surface area contributed by atoms with E-state index in [9.17, 15) is 10.1 Å². The van der Waals surface area contributed by atoms with Crippen molar-refractivity contribution in [3.63, 3.8) is 0 Å². The predicted molar refractivity (Wildman–Crippen MR) is 89.6 cm³/mol. The van der Waals surface area contributed by atoms with Crippen LogP contribution in [0, 0.1) is 10.1 Å². The van der Waals surface area contributed by atoms with Crippen LogP contribution >= 0.6 is 12.4 Å². The lowest BCUT2D eigenvalue weighted by atomic mass is 9.79. The first kappa shape index (κ1) is 16.5. The van der Waals surface area contributed by atoms with Crippen molar-refractivity contribution in [2.75, 3.05) is 7.05 Å². The van der Waals surface area contributed by atoms with Gasteiger partial charge in [0.2, 0.25) is 0 Å². The van der Waals surface area contributed by atoms with Crippen LogP contribution in [-0.4, -0.2) is 22.9 Å². The van der Waals surface area contributed by atoms with Gasteiger partial charge in [-0.25, -0.2) is 0 Å². The molecule has 116 valence electrons. The molecule has 0 radical (unpaired) electrons. The first-order chi connectivity index (χ1) is 10.1. The van der Waals surface area contributed by atoms with E-state index in [2.05, 4.69) is 31.0 Å². The molecule has 0 amide bonds. The smallest absolute Gasteiger partial charge is 0.269 e. The molecular weight excluding hydrogens is 300 g/mol. The number of non-ortho nitro benzene ring substituents is 1. The SMILES string of the molecule is CC1C(c2ccccc2)c2cc([N+](=O)[O-])ccc2CN1C.Cl. The molecule has 0 spiro atoms. The minimum Gasteiger partial charge on any atom is -0.298 e. The summed E-state index contributed by atoms with van der Waals surface area (Å²) in [7, 11) is 2.10. The molecule has 0 aliphatic carbocycles. The summed E-state index contributed by atoms with van der Waals surface area (Å²) >= 11 is 0. The molecule has 2 aromatic carbocycles. The van der Waals surface area contributed by atoms with Gasteiger partial charge in [-0.3, -0.25) is 15.0 Å². The van der Waals surface area contributed by atoms with E-state index in [0.29, 0.717) is 6.04 Å². The van der Waals surface area contributed by atoms with E-state index in [-0.39, 0.29) is 28.9 Å². The van der Waals surface area contributed by atoms with Gasteiger partial charge in [0.1, 0.15) is 0 Å². The van der Waals surface area contributed by atoms with Crippen molar-refractivity contribution in [2.24, 2.45) is 0 Å². The van der Waals surface area contributed by atoms with Gasteiger partial charge < -0.3 is 0 Å². The Morgan fingerprint density at radius 2 is 1.86 bits per heavy atom. The lowest BCUT2D eigenvalue weighted by Crippen LogP contribution is -2.39. The number of hydrogen-bond acceptors (Lipinski definition) is 3. The van der Waals surface area contributed by atoms with Gasteiger partial charge in [-0.05, 0) is 30.7 Å². The fourth-order valence-corrected chi connectivity index (χ4v) is 3.17. The molecule has 0 N–H and O–H groups in total. The summed E-state index contributed by atoms with van der Waals surface area (Å²) in [6.07, 6.45) is 0. The number of nitrogens with zero attached hydrogens (tertiary/aromatic N) is 2. The van der Waals surface area contributed by atoms with Crippen LogP contribution < -0.4 is 0 Å². The molecule has 2 aromatic rings. The second-order valence-electron chi connectivity index (χ2n) is 5.68. The van der Waals surface area contributed by atoms with E-state index < -0.39 is 0 Å². The molecule has 4 nitrogen and oxygen atoms in total. The van der Waals surface area contributed by atoms with Crippen LogP contribution in [0.25, 0.3) is 0 Å². The summed E-state index contributed by atoms with van der Waals surface area (Å²) in [6, 6.07) is 15.8. The first-order valence-electron chi connectivity index (χ1n) is 7.10. The Bertz CT molecular complexity index is 676. The first-order valence-corrected chi connectivity index (χ1v) is 7.10. The Morgan fingerprint density at radius 1 is 1.18 bits per heavy atom. The molecule has 2 atom stereocenters. The average molecular weight is 319 g/mol. The zero-order valence-corrected chi connectivity index (χ0v) is 13.4. The third-order valence-corrected chi connectivity index (χ3v) is 4.43. The monoisotopic (exact) mass is 318 g/mol. The molecule has 1 aliphatic rings. The van der Waals surface area contributed by atoms with Crippen LogP contribution in [0.15, 0.2) is 48.5 Å². The second-order valence-corrected chi connectivity index (χ2v) is 5.68. The third-order valence-electron chi connectivity index (χ3n) is 4.43. The number of nitro benzene ring substituents is 1. The zero-order chi connectivity index (χ0) is 15.0. The largest absolute Gasteiger partial charge is 0.298 e. The Labute approximate surface area is 136 Å². The van der Waals surface area contributed by atoms with Gasteiger partial charge in [0.15, 0.2) is 0 Å². The molecule has 22 heavy (non-hydrogen) atoms. The average Bonchev–Trinajstić information content (AvgIpc) is 2.49. The lowest BCUT2D eigenvalue weighted by molar-refractivity contribution is -0.385. The molecule has 1 heterocycles. The van der Waals surface area contributed by atoms with Gasteiger partial charge in [0.05, 0.1) is 4.92 Å². The quantitative estimate of drug-likeness (QED) is 0.621. The molecule has 0 aromatic heterocycles. The Hall–Kier alpha value is -1.91. The van der Waals surface area contributed by atoms with Crippen LogP contribution in [-0.2, 0) is 6.54 Å². The molecule has 1 aliphatic heterocycles. The van der Waals surface area contributed by atoms with Gasteiger partial charge in [0.25, 0.3) is 5.69 Å². The molecule has 3 rings (SSSR count). The summed E-state index contributed by atoms with van der Waals surface area (Å²) in [5, 5.41) is 11.1. The van der Waals surface area contributed by atoms with Gasteiger partial charge in [-0.15, -0.1) is 12.4 Å². The van der Waals surface area contributed by atoms with Crippen molar-refractivity contribution in [3.8, 4) is 0 Å². The highest BCUT2D eigenvalue weighted by Gasteiger charge is 2.32. The maximum Gasteiger partial charge on any atom is 0.269 e. The van der Waals surface area contributed by atoms with Crippen LogP contribution in [0.1, 0.15) is 29.5 Å². The van der Waals surface area contributed by atoms with Crippen molar-refractivity contribution in [1.29, 1.82) is 0 Å². The summed E-state index contributed by atoms with van der Waals surface area (Å²) in [5.74, 6) is 0.167. The number of rotatable bonds is 2. The Balaban J connectivity index is 0.00000176. The van der Waals surface area contributed by atoms with E-state index in [1.165, 1.54) is 11.1 Å². The lowest BCUT2D eigenvalue weighted by Gasteiger charge is -2.38. The van der Waals surface area contributed by atoms with Crippen LogP contribution in [0.5, 0.6) is 0 Å². The number of fused-ring (bicyclic) bond motifs is 1. The van der Waals surface area contributed by atoms with Gasteiger partial charge >= 0.3 is 0 Å². The summed E-state index contributed by atoms with van der Waals surface area (Å²) in [4.78, 5) is 13.1. The van der Waals surface area contributed by atoms with Crippen LogP contribution in [0.3, 0.4) is 0 Å². The minimum absolute atomic E-state index is 0. The Morgan fingerprint density at radius 3 is 2.50 bits per heavy atom. The predicted octanol–water partition coefficient (Wildman–Crippen LogP) is 3.98. The van der Waals surface area contributed by atoms with Crippen molar-refractivity contribution in [2.45, 2.75) is 25.4 Å². The summed E-state index contributed by atoms with van der Waals surface area (Å²) < 4.78 is 0. The van der Waals surface area contributed by atoms with Gasteiger partial charge in [-0.2, -0.15) is 0 Å². The molecule has 0 fully saturated rings. The molecular formula is C17H19ClN2O2. The maximum atomic E-state index is 11.1. The topological polar surface area (TPSA) is 46.4 Å². The highest BCUT2D eigenvalue weighted by Crippen LogP contribution is 2.38. The molecule has 0 saturated heterocycles. The fraction of sp³-hybridized carbons (Fsp3) is 0.294. The number of benzene rings is 2. The van der Waals surface area contributed by atoms with E-state index in [4.69, 9.17) is 0 Å². The standard InChI is InChI=1S/C17H18N2O2.ClH/c1-12-17(13-6-4-3-5-7-13)16-10-15(19(20)21)9-8-14(16)11-18(12)2;/h3-10,12,17H,11H2,1-2H3;1H. The number of hydrogen-bond donors (Lipinski definition) is 0. The van der Waals surface area contributed by atoms with Crippen molar-refractivity contribution in [1.82, 2.24) is 4.90 Å². The fourth-order valence-electron chi connectivity index (χ4n) is 3.17. The molecule has 5 heteroatoms.